The Labute approximate surface area is 185 Å². The number of rotatable bonds is 8. The predicted molar refractivity (Wildman–Crippen MR) is 120 cm³/mol. The van der Waals surface area contributed by atoms with Crippen LogP contribution in [0.3, 0.4) is 0 Å². The van der Waals surface area contributed by atoms with Crippen molar-refractivity contribution in [1.82, 2.24) is 15.0 Å². The zero-order chi connectivity index (χ0) is 22.6. The smallest absolute Gasteiger partial charge is 0.252 e. The minimum absolute atomic E-state index is 0.0359. The molecule has 0 bridgehead atoms. The van der Waals surface area contributed by atoms with Crippen LogP contribution in [0.2, 0.25) is 0 Å². The molecule has 8 nitrogen and oxygen atoms in total. The van der Waals surface area contributed by atoms with Crippen molar-refractivity contribution in [3.63, 3.8) is 0 Å². The molecule has 0 atom stereocenters. The van der Waals surface area contributed by atoms with Gasteiger partial charge in [0.05, 0.1) is 29.3 Å². The number of methoxy groups -OCH3 is 1. The average Bonchev–Trinajstić information content (AvgIpc) is 3.36. The number of carbonyl (C=O) groups excluding carboxylic acids is 1. The maximum atomic E-state index is 12.9. The second-order valence-corrected chi connectivity index (χ2v) is 8.65. The normalized spacial score (nSPS) is 11.4. The molecule has 0 spiro atoms. The highest BCUT2D eigenvalue weighted by Crippen LogP contribution is 2.25. The van der Waals surface area contributed by atoms with Crippen molar-refractivity contribution in [2.45, 2.75) is 4.90 Å². The van der Waals surface area contributed by atoms with E-state index in [9.17, 15) is 13.2 Å². The SMILES string of the molecule is COc1ccc(S(=O)(=O)NCCNC(=O)c2cc(-c3ccco3)nc3ccccc23)cc1. The number of carbonyl (C=O) groups is 1. The fraction of sp³-hybridized carbons (Fsp3) is 0.130. The van der Waals surface area contributed by atoms with Crippen LogP contribution in [0.25, 0.3) is 22.4 Å². The first-order valence-electron chi connectivity index (χ1n) is 9.83. The van der Waals surface area contributed by atoms with Gasteiger partial charge in [-0.15, -0.1) is 0 Å². The van der Waals surface area contributed by atoms with Gasteiger partial charge in [-0.25, -0.2) is 18.1 Å². The molecular weight excluding hydrogens is 430 g/mol. The van der Waals surface area contributed by atoms with Crippen molar-refractivity contribution < 1.29 is 22.4 Å². The number of hydrogen-bond donors (Lipinski definition) is 2. The maximum absolute atomic E-state index is 12.9. The summed E-state index contributed by atoms with van der Waals surface area (Å²) in [6, 6.07) is 18.6. The number of pyridine rings is 1. The molecule has 2 N–H and O–H groups in total. The molecule has 32 heavy (non-hydrogen) atoms. The third-order valence-electron chi connectivity index (χ3n) is 4.81. The molecule has 2 aromatic heterocycles. The third-order valence-corrected chi connectivity index (χ3v) is 6.28. The molecule has 0 radical (unpaired) electrons. The largest absolute Gasteiger partial charge is 0.497 e. The molecule has 0 unspecified atom stereocenters. The molecule has 4 aromatic rings. The standard InChI is InChI=1S/C23H21N3O5S/c1-30-16-8-10-17(11-9-16)32(28,29)25-13-12-24-23(27)19-15-21(22-7-4-14-31-22)26-20-6-3-2-5-18(19)20/h2-11,14-15,25H,12-13H2,1H3,(H,24,27). The first kappa shape index (κ1) is 21.5. The van der Waals surface area contributed by atoms with Gasteiger partial charge in [0.2, 0.25) is 10.0 Å². The lowest BCUT2D eigenvalue weighted by Crippen LogP contribution is -2.34. The van der Waals surface area contributed by atoms with Gasteiger partial charge in [-0.3, -0.25) is 4.79 Å². The Morgan fingerprint density at radius 2 is 1.81 bits per heavy atom. The van der Waals surface area contributed by atoms with Crippen LogP contribution in [0.1, 0.15) is 10.4 Å². The van der Waals surface area contributed by atoms with Crippen LogP contribution in [0.5, 0.6) is 5.75 Å². The third kappa shape index (κ3) is 4.63. The number of nitrogens with one attached hydrogen (secondary N) is 2. The quantitative estimate of drug-likeness (QED) is 0.398. The van der Waals surface area contributed by atoms with Crippen molar-refractivity contribution >= 4 is 26.8 Å². The molecule has 0 fully saturated rings. The minimum atomic E-state index is -3.70. The van der Waals surface area contributed by atoms with Crippen LogP contribution in [-0.2, 0) is 10.0 Å². The average molecular weight is 452 g/mol. The number of amides is 1. The molecule has 0 aliphatic heterocycles. The summed E-state index contributed by atoms with van der Waals surface area (Å²) in [7, 11) is -2.19. The Hall–Kier alpha value is -3.69. The highest BCUT2D eigenvalue weighted by Gasteiger charge is 2.16. The predicted octanol–water partition coefficient (Wildman–Crippen LogP) is 3.21. The second kappa shape index (κ2) is 9.21. The van der Waals surface area contributed by atoms with Crippen molar-refractivity contribution in [3.05, 3.63) is 78.6 Å². The van der Waals surface area contributed by atoms with E-state index in [4.69, 9.17) is 9.15 Å². The molecule has 0 aliphatic carbocycles. The lowest BCUT2D eigenvalue weighted by molar-refractivity contribution is 0.0956. The Morgan fingerprint density at radius 3 is 2.53 bits per heavy atom. The lowest BCUT2D eigenvalue weighted by Gasteiger charge is -2.11. The van der Waals surface area contributed by atoms with E-state index in [-0.39, 0.29) is 23.9 Å². The van der Waals surface area contributed by atoms with Crippen LogP contribution < -0.4 is 14.8 Å². The van der Waals surface area contributed by atoms with Crippen molar-refractivity contribution in [2.75, 3.05) is 20.2 Å². The summed E-state index contributed by atoms with van der Waals surface area (Å²) in [5, 5.41) is 3.46. The highest BCUT2D eigenvalue weighted by atomic mass is 32.2. The van der Waals surface area contributed by atoms with E-state index in [0.29, 0.717) is 33.7 Å². The number of nitrogens with zero attached hydrogens (tertiary/aromatic N) is 1. The molecule has 1 amide bonds. The van der Waals surface area contributed by atoms with Gasteiger partial charge >= 0.3 is 0 Å². The molecule has 2 aromatic carbocycles. The van der Waals surface area contributed by atoms with E-state index in [0.717, 1.165) is 0 Å². The van der Waals surface area contributed by atoms with Gasteiger partial charge in [-0.1, -0.05) is 18.2 Å². The van der Waals surface area contributed by atoms with E-state index in [1.807, 2.05) is 24.3 Å². The fourth-order valence-electron chi connectivity index (χ4n) is 3.21. The molecule has 0 aliphatic rings. The minimum Gasteiger partial charge on any atom is -0.497 e. The van der Waals surface area contributed by atoms with E-state index >= 15 is 0 Å². The molecular formula is C23H21N3O5S. The molecule has 2 heterocycles. The van der Waals surface area contributed by atoms with Crippen LogP contribution in [0.4, 0.5) is 0 Å². The van der Waals surface area contributed by atoms with Crippen LogP contribution in [0, 0.1) is 0 Å². The summed E-state index contributed by atoms with van der Waals surface area (Å²) >= 11 is 0. The lowest BCUT2D eigenvalue weighted by atomic mass is 10.1. The zero-order valence-corrected chi connectivity index (χ0v) is 18.1. The Kier molecular flexibility index (Phi) is 6.20. The van der Waals surface area contributed by atoms with E-state index < -0.39 is 10.0 Å². The van der Waals surface area contributed by atoms with Crippen LogP contribution >= 0.6 is 0 Å². The Bertz CT molecular complexity index is 1330. The van der Waals surface area contributed by atoms with Gasteiger partial charge in [0, 0.05) is 18.5 Å². The number of aromatic nitrogens is 1. The zero-order valence-electron chi connectivity index (χ0n) is 17.2. The Balaban J connectivity index is 1.45. The van der Waals surface area contributed by atoms with Crippen molar-refractivity contribution in [3.8, 4) is 17.2 Å². The van der Waals surface area contributed by atoms with Gasteiger partial charge in [-0.05, 0) is 48.5 Å². The van der Waals surface area contributed by atoms with Gasteiger partial charge in [0.25, 0.3) is 5.91 Å². The van der Waals surface area contributed by atoms with Gasteiger partial charge in [0.1, 0.15) is 11.4 Å². The highest BCUT2D eigenvalue weighted by molar-refractivity contribution is 7.89. The second-order valence-electron chi connectivity index (χ2n) is 6.88. The topological polar surface area (TPSA) is 111 Å². The van der Waals surface area contributed by atoms with Crippen molar-refractivity contribution in [2.24, 2.45) is 0 Å². The van der Waals surface area contributed by atoms with E-state index in [2.05, 4.69) is 15.0 Å². The fourth-order valence-corrected chi connectivity index (χ4v) is 4.24. The molecule has 9 heteroatoms. The number of para-hydroxylation sites is 1. The van der Waals surface area contributed by atoms with E-state index in [1.165, 1.54) is 19.2 Å². The maximum Gasteiger partial charge on any atom is 0.252 e. The van der Waals surface area contributed by atoms with Gasteiger partial charge in [-0.2, -0.15) is 0 Å². The molecule has 4 rings (SSSR count). The molecule has 0 saturated heterocycles. The summed E-state index contributed by atoms with van der Waals surface area (Å²) in [5.74, 6) is 0.784. The summed E-state index contributed by atoms with van der Waals surface area (Å²) in [6.07, 6.45) is 1.54. The van der Waals surface area contributed by atoms with Gasteiger partial charge in [0.15, 0.2) is 5.76 Å². The van der Waals surface area contributed by atoms with E-state index in [1.54, 1.807) is 36.6 Å². The monoisotopic (exact) mass is 451 g/mol. The van der Waals surface area contributed by atoms with Crippen molar-refractivity contribution in [1.29, 1.82) is 0 Å². The number of benzene rings is 2. The number of ether oxygens (including phenoxy) is 1. The Morgan fingerprint density at radius 1 is 1.03 bits per heavy atom. The first-order chi connectivity index (χ1) is 15.5. The molecule has 164 valence electrons. The first-order valence-corrected chi connectivity index (χ1v) is 11.3. The summed E-state index contributed by atoms with van der Waals surface area (Å²) in [4.78, 5) is 17.6. The summed E-state index contributed by atoms with van der Waals surface area (Å²) < 4.78 is 37.8. The molecule has 0 saturated carbocycles. The number of hydrogen-bond acceptors (Lipinski definition) is 6. The summed E-state index contributed by atoms with van der Waals surface area (Å²) in [6.45, 7) is 0.148. The number of fused-ring (bicyclic) bond motifs is 1. The van der Waals surface area contributed by atoms with Crippen LogP contribution in [0.15, 0.2) is 82.3 Å². The van der Waals surface area contributed by atoms with Crippen LogP contribution in [-0.4, -0.2) is 39.5 Å². The number of furan rings is 1. The number of sulfonamides is 1. The summed E-state index contributed by atoms with van der Waals surface area (Å²) in [5.41, 5.74) is 1.63. The van der Waals surface area contributed by atoms with Gasteiger partial charge < -0.3 is 14.5 Å².